The van der Waals surface area contributed by atoms with Gasteiger partial charge in [-0.25, -0.2) is 8.78 Å². The van der Waals surface area contributed by atoms with Crippen LogP contribution in [0.4, 0.5) is 8.78 Å². The van der Waals surface area contributed by atoms with E-state index in [2.05, 4.69) is 6.92 Å². The van der Waals surface area contributed by atoms with Crippen molar-refractivity contribution in [3.05, 3.63) is 35.4 Å². The molecule has 33 heavy (non-hydrogen) atoms. The molecule has 0 aromatic heterocycles. The van der Waals surface area contributed by atoms with E-state index < -0.39 is 18.1 Å². The van der Waals surface area contributed by atoms with Crippen molar-refractivity contribution in [3.63, 3.8) is 0 Å². The van der Waals surface area contributed by atoms with Crippen molar-refractivity contribution in [3.8, 4) is 0 Å². The highest BCUT2D eigenvalue weighted by Gasteiger charge is 2.20. The molecular weight excluding hydrogens is 422 g/mol. The quantitative estimate of drug-likeness (QED) is 0.141. The molecular formula is C28H48F2O3. The second kappa shape index (κ2) is 18.3. The Morgan fingerprint density at radius 1 is 0.636 bits per heavy atom. The Kier molecular flexibility index (Phi) is 16.6. The molecule has 0 amide bonds. The van der Waals surface area contributed by atoms with Crippen LogP contribution in [0.1, 0.15) is 117 Å². The molecule has 0 saturated heterocycles. The molecule has 0 N–H and O–H groups in total. The van der Waals surface area contributed by atoms with Gasteiger partial charge >= 0.3 is 0 Å². The summed E-state index contributed by atoms with van der Waals surface area (Å²) in [7, 11) is 0. The second-order valence-corrected chi connectivity index (χ2v) is 9.70. The van der Waals surface area contributed by atoms with Gasteiger partial charge in [-0.1, -0.05) is 64.7 Å². The van der Waals surface area contributed by atoms with Crippen molar-refractivity contribution < 1.29 is 23.0 Å². The number of hydrogen-bond donors (Lipinski definition) is 0. The Morgan fingerprint density at radius 3 is 1.64 bits per heavy atom. The maximum atomic E-state index is 13.4. The average molecular weight is 471 g/mol. The molecule has 0 bridgehead atoms. The fourth-order valence-corrected chi connectivity index (χ4v) is 3.94. The zero-order chi connectivity index (χ0) is 24.5. The van der Waals surface area contributed by atoms with E-state index in [1.54, 1.807) is 0 Å². The largest absolute Gasteiger partial charge is 0.327 e. The van der Waals surface area contributed by atoms with Crippen molar-refractivity contribution in [2.45, 2.75) is 143 Å². The van der Waals surface area contributed by atoms with Crippen LogP contribution in [0.5, 0.6) is 0 Å². The van der Waals surface area contributed by atoms with E-state index in [1.807, 2.05) is 27.7 Å². The predicted octanol–water partition coefficient (Wildman–Crippen LogP) is 8.73. The maximum Gasteiger partial charge on any atom is 0.272 e. The number of benzene rings is 1. The Labute approximate surface area is 201 Å². The topological polar surface area (TPSA) is 27.7 Å². The van der Waals surface area contributed by atoms with Crippen LogP contribution >= 0.6 is 0 Å². The molecule has 1 rings (SSSR count). The number of rotatable bonds is 20. The highest BCUT2D eigenvalue weighted by molar-refractivity contribution is 5.17. The molecule has 0 radical (unpaired) electrons. The molecule has 3 nitrogen and oxygen atoms in total. The van der Waals surface area contributed by atoms with E-state index in [9.17, 15) is 8.78 Å². The van der Waals surface area contributed by atoms with Gasteiger partial charge in [0.2, 0.25) is 0 Å². The minimum absolute atomic E-state index is 0.0274. The first-order valence-electron chi connectivity index (χ1n) is 13.2. The van der Waals surface area contributed by atoms with Crippen molar-refractivity contribution in [2.75, 3.05) is 0 Å². The fourth-order valence-electron chi connectivity index (χ4n) is 3.94. The van der Waals surface area contributed by atoms with Crippen molar-refractivity contribution >= 4 is 0 Å². The molecule has 0 fully saturated rings. The standard InChI is InChI=1S/C28H48F2O3/c1-6-7-8-9-10-11-14-17-27(33-28(31-22(2)3)32-23(4)5)18-15-12-13-16-24-19-25(29)21-26(30)20-24/h19-23,27-28H,6-18H2,1-5H3. The summed E-state index contributed by atoms with van der Waals surface area (Å²) in [5, 5.41) is 0. The predicted molar refractivity (Wildman–Crippen MR) is 132 cm³/mol. The first-order valence-corrected chi connectivity index (χ1v) is 13.2. The highest BCUT2D eigenvalue weighted by atomic mass is 19.1. The molecule has 5 heteroatoms. The Hall–Kier alpha value is -1.04. The lowest BCUT2D eigenvalue weighted by Crippen LogP contribution is -2.31. The Bertz CT molecular complexity index is 577. The van der Waals surface area contributed by atoms with Gasteiger partial charge < -0.3 is 14.2 Å². The lowest BCUT2D eigenvalue weighted by Gasteiger charge is -2.27. The van der Waals surface area contributed by atoms with Crippen LogP contribution in [-0.2, 0) is 20.6 Å². The summed E-state index contributed by atoms with van der Waals surface area (Å²) in [6, 6.07) is 3.77. The number of ether oxygens (including phenoxy) is 3. The van der Waals surface area contributed by atoms with Gasteiger partial charge in [0.1, 0.15) is 11.6 Å². The van der Waals surface area contributed by atoms with Gasteiger partial charge in [0.15, 0.2) is 0 Å². The monoisotopic (exact) mass is 470 g/mol. The molecule has 192 valence electrons. The Morgan fingerprint density at radius 2 is 1.12 bits per heavy atom. The van der Waals surface area contributed by atoms with Crippen LogP contribution < -0.4 is 0 Å². The molecule has 0 spiro atoms. The third kappa shape index (κ3) is 16.3. The van der Waals surface area contributed by atoms with Gasteiger partial charge in [-0.05, 0) is 71.1 Å². The van der Waals surface area contributed by atoms with Crippen molar-refractivity contribution in [1.82, 2.24) is 0 Å². The van der Waals surface area contributed by atoms with E-state index in [0.717, 1.165) is 50.2 Å². The summed E-state index contributed by atoms with van der Waals surface area (Å²) >= 11 is 0. The molecule has 0 saturated carbocycles. The normalized spacial score (nSPS) is 12.9. The minimum Gasteiger partial charge on any atom is -0.327 e. The molecule has 0 aliphatic rings. The number of unbranched alkanes of at least 4 members (excludes halogenated alkanes) is 8. The molecule has 0 aliphatic heterocycles. The fraction of sp³-hybridized carbons (Fsp3) is 0.786. The summed E-state index contributed by atoms with van der Waals surface area (Å²) in [6.07, 6.45) is 14.6. The van der Waals surface area contributed by atoms with Crippen LogP contribution in [0.3, 0.4) is 0 Å². The van der Waals surface area contributed by atoms with Gasteiger partial charge in [-0.15, -0.1) is 0 Å². The average Bonchev–Trinajstić information content (AvgIpc) is 2.70. The van der Waals surface area contributed by atoms with Gasteiger partial charge in [-0.2, -0.15) is 0 Å². The Balaban J connectivity index is 2.47. The zero-order valence-electron chi connectivity index (χ0n) is 21.7. The first-order chi connectivity index (χ1) is 15.8. The smallest absolute Gasteiger partial charge is 0.272 e. The first kappa shape index (κ1) is 30.0. The lowest BCUT2D eigenvalue weighted by molar-refractivity contribution is -0.327. The summed E-state index contributed by atoms with van der Waals surface area (Å²) in [4.78, 5) is 0. The third-order valence-electron chi connectivity index (χ3n) is 5.61. The molecule has 0 heterocycles. The molecule has 1 atom stereocenters. The molecule has 1 aromatic carbocycles. The highest BCUT2D eigenvalue weighted by Crippen LogP contribution is 2.20. The molecule has 1 aromatic rings. The van der Waals surface area contributed by atoms with Gasteiger partial charge in [0.05, 0.1) is 18.3 Å². The lowest BCUT2D eigenvalue weighted by atomic mass is 10.0. The van der Waals surface area contributed by atoms with Crippen LogP contribution in [0, 0.1) is 11.6 Å². The number of aryl methyl sites for hydroxylation is 1. The molecule has 1 unspecified atom stereocenters. The number of hydrogen-bond acceptors (Lipinski definition) is 3. The van der Waals surface area contributed by atoms with Crippen molar-refractivity contribution in [2.24, 2.45) is 0 Å². The second-order valence-electron chi connectivity index (χ2n) is 9.70. The summed E-state index contributed by atoms with van der Waals surface area (Å²) in [6.45, 7) is 9.55. The molecule has 0 aliphatic carbocycles. The van der Waals surface area contributed by atoms with Crippen LogP contribution in [0.15, 0.2) is 18.2 Å². The zero-order valence-corrected chi connectivity index (χ0v) is 21.7. The SMILES string of the molecule is CCCCCCCCCC(CCCCCc1cc(F)cc(F)c1)OC(OC(C)C)OC(C)C. The van der Waals surface area contributed by atoms with Crippen LogP contribution in [-0.4, -0.2) is 24.8 Å². The van der Waals surface area contributed by atoms with Gasteiger partial charge in [0, 0.05) is 6.07 Å². The van der Waals surface area contributed by atoms with E-state index in [0.29, 0.717) is 6.42 Å². The van der Waals surface area contributed by atoms with Crippen molar-refractivity contribution in [1.29, 1.82) is 0 Å². The third-order valence-corrected chi connectivity index (χ3v) is 5.61. The summed E-state index contributed by atoms with van der Waals surface area (Å²) in [5.41, 5.74) is 0.721. The van der Waals surface area contributed by atoms with E-state index in [1.165, 1.54) is 50.7 Å². The van der Waals surface area contributed by atoms with E-state index in [4.69, 9.17) is 14.2 Å². The van der Waals surface area contributed by atoms with Gasteiger partial charge in [-0.3, -0.25) is 0 Å². The number of halogens is 2. The van der Waals surface area contributed by atoms with Crippen LogP contribution in [0.2, 0.25) is 0 Å². The van der Waals surface area contributed by atoms with E-state index in [-0.39, 0.29) is 18.3 Å². The van der Waals surface area contributed by atoms with Crippen LogP contribution in [0.25, 0.3) is 0 Å². The maximum absolute atomic E-state index is 13.4. The van der Waals surface area contributed by atoms with Gasteiger partial charge in [0.25, 0.3) is 6.48 Å². The summed E-state index contributed by atoms with van der Waals surface area (Å²) < 4.78 is 44.7. The minimum atomic E-state index is -0.644. The summed E-state index contributed by atoms with van der Waals surface area (Å²) in [5.74, 6) is -1.01. The van der Waals surface area contributed by atoms with E-state index >= 15 is 0 Å².